The van der Waals surface area contributed by atoms with Gasteiger partial charge >= 0.3 is 0 Å². The summed E-state index contributed by atoms with van der Waals surface area (Å²) in [4.78, 5) is 0. The predicted molar refractivity (Wildman–Crippen MR) is 167 cm³/mol. The molecule has 0 radical (unpaired) electrons. The standard InChI is InChI=1S/C37H26N2/c1-2-34-33(24-38)28-17-11-12-20-35(28)39(34)27-21-22-31-32(23-27)37(26-15-7-4-8-16-26)30-19-10-9-18-29(30)36(31)25-13-5-3-6-14-25/h2-24,38H,1H2. The normalized spacial score (nSPS) is 11.3. The molecule has 1 N–H and O–H groups in total. The van der Waals surface area contributed by atoms with E-state index in [4.69, 9.17) is 5.41 Å². The lowest BCUT2D eigenvalue weighted by molar-refractivity contribution is 1.11. The molecular formula is C37H26N2. The van der Waals surface area contributed by atoms with Crippen LogP contribution in [0.2, 0.25) is 0 Å². The first kappa shape index (κ1) is 22.9. The Morgan fingerprint density at radius 2 is 1.05 bits per heavy atom. The van der Waals surface area contributed by atoms with Crippen LogP contribution in [0.1, 0.15) is 11.3 Å². The third-order valence-corrected chi connectivity index (χ3v) is 7.68. The Morgan fingerprint density at radius 3 is 1.64 bits per heavy atom. The minimum atomic E-state index is 0.882. The molecule has 39 heavy (non-hydrogen) atoms. The molecule has 2 heteroatoms. The van der Waals surface area contributed by atoms with Crippen molar-refractivity contribution in [2.45, 2.75) is 0 Å². The molecule has 0 aliphatic heterocycles. The highest BCUT2D eigenvalue weighted by Crippen LogP contribution is 2.44. The van der Waals surface area contributed by atoms with Crippen molar-refractivity contribution in [3.63, 3.8) is 0 Å². The molecule has 1 aromatic heterocycles. The monoisotopic (exact) mass is 498 g/mol. The van der Waals surface area contributed by atoms with E-state index in [9.17, 15) is 0 Å². The topological polar surface area (TPSA) is 28.8 Å². The molecule has 0 aliphatic carbocycles. The molecule has 1 heterocycles. The van der Waals surface area contributed by atoms with Crippen molar-refractivity contribution in [3.05, 3.63) is 145 Å². The minimum Gasteiger partial charge on any atom is -0.309 e. The number of hydrogen-bond donors (Lipinski definition) is 1. The van der Waals surface area contributed by atoms with Gasteiger partial charge in [-0.1, -0.05) is 116 Å². The maximum absolute atomic E-state index is 8.15. The second-order valence-corrected chi connectivity index (χ2v) is 9.76. The fourth-order valence-corrected chi connectivity index (χ4v) is 6.05. The van der Waals surface area contributed by atoms with Crippen molar-refractivity contribution in [2.24, 2.45) is 0 Å². The fraction of sp³-hybridized carbons (Fsp3) is 0. The number of rotatable bonds is 5. The molecule has 0 atom stereocenters. The van der Waals surface area contributed by atoms with Crippen molar-refractivity contribution in [1.82, 2.24) is 4.57 Å². The van der Waals surface area contributed by atoms with Crippen molar-refractivity contribution in [2.75, 3.05) is 0 Å². The fourth-order valence-electron chi connectivity index (χ4n) is 6.05. The Balaban J connectivity index is 1.66. The summed E-state index contributed by atoms with van der Waals surface area (Å²) in [6, 6.07) is 45.1. The Hall–Kier alpha value is -5.21. The molecular weight excluding hydrogens is 472 g/mol. The maximum atomic E-state index is 8.15. The third kappa shape index (κ3) is 3.53. The van der Waals surface area contributed by atoms with Crippen LogP contribution in [-0.2, 0) is 0 Å². The molecule has 2 nitrogen and oxygen atoms in total. The number of nitrogens with zero attached hydrogens (tertiary/aromatic N) is 1. The summed E-state index contributed by atoms with van der Waals surface area (Å²) >= 11 is 0. The summed E-state index contributed by atoms with van der Waals surface area (Å²) in [5.41, 5.74) is 8.79. The Kier molecular flexibility index (Phi) is 5.45. The van der Waals surface area contributed by atoms with Gasteiger partial charge in [-0.3, -0.25) is 0 Å². The molecule has 0 spiro atoms. The van der Waals surface area contributed by atoms with E-state index in [2.05, 4.69) is 132 Å². The number of fused-ring (bicyclic) bond motifs is 3. The first-order valence-corrected chi connectivity index (χ1v) is 13.2. The van der Waals surface area contributed by atoms with Gasteiger partial charge in [-0.25, -0.2) is 0 Å². The van der Waals surface area contributed by atoms with Crippen LogP contribution in [0.3, 0.4) is 0 Å². The van der Waals surface area contributed by atoms with Crippen LogP contribution in [0.4, 0.5) is 0 Å². The van der Waals surface area contributed by atoms with Crippen molar-refractivity contribution < 1.29 is 0 Å². The zero-order chi connectivity index (χ0) is 26.3. The van der Waals surface area contributed by atoms with Crippen molar-refractivity contribution >= 4 is 44.7 Å². The zero-order valence-corrected chi connectivity index (χ0v) is 21.4. The van der Waals surface area contributed by atoms with E-state index in [1.165, 1.54) is 50.0 Å². The molecule has 0 saturated heterocycles. The van der Waals surface area contributed by atoms with Crippen molar-refractivity contribution in [1.29, 1.82) is 5.41 Å². The lowest BCUT2D eigenvalue weighted by Crippen LogP contribution is -1.99. The Morgan fingerprint density at radius 1 is 0.538 bits per heavy atom. The molecule has 0 bridgehead atoms. The van der Waals surface area contributed by atoms with Gasteiger partial charge in [0.25, 0.3) is 0 Å². The molecule has 0 amide bonds. The Labute approximate surface area is 227 Å². The molecule has 7 rings (SSSR count). The highest BCUT2D eigenvalue weighted by Gasteiger charge is 2.19. The second kappa shape index (κ2) is 9.27. The SMILES string of the molecule is C=Cc1c(C=N)c2ccccc2n1-c1ccc2c(-c3ccccc3)c3ccccc3c(-c3ccccc3)c2c1. The van der Waals surface area contributed by atoms with Crippen LogP contribution < -0.4 is 0 Å². The van der Waals surface area contributed by atoms with Gasteiger partial charge in [0.2, 0.25) is 0 Å². The van der Waals surface area contributed by atoms with E-state index in [1.54, 1.807) is 0 Å². The maximum Gasteiger partial charge on any atom is 0.0550 e. The quantitative estimate of drug-likeness (QED) is 0.181. The summed E-state index contributed by atoms with van der Waals surface area (Å²) in [6.45, 7) is 4.12. The van der Waals surface area contributed by atoms with Gasteiger partial charge in [0.15, 0.2) is 0 Å². The van der Waals surface area contributed by atoms with Gasteiger partial charge < -0.3 is 9.98 Å². The lowest BCUT2D eigenvalue weighted by atomic mass is 9.86. The average molecular weight is 499 g/mol. The molecule has 6 aromatic carbocycles. The third-order valence-electron chi connectivity index (χ3n) is 7.68. The van der Waals surface area contributed by atoms with E-state index in [0.29, 0.717) is 0 Å². The molecule has 0 unspecified atom stereocenters. The summed E-state index contributed by atoms with van der Waals surface area (Å²) in [5.74, 6) is 0. The Bertz CT molecular complexity index is 2030. The first-order chi connectivity index (χ1) is 19.3. The lowest BCUT2D eigenvalue weighted by Gasteiger charge is -2.19. The van der Waals surface area contributed by atoms with Crippen molar-refractivity contribution in [3.8, 4) is 27.9 Å². The van der Waals surface area contributed by atoms with E-state index in [-0.39, 0.29) is 0 Å². The number of nitrogens with one attached hydrogen (secondary N) is 1. The highest BCUT2D eigenvalue weighted by molar-refractivity contribution is 6.21. The van der Waals surface area contributed by atoms with Gasteiger partial charge in [-0.2, -0.15) is 0 Å². The summed E-state index contributed by atoms with van der Waals surface area (Å²) in [6.07, 6.45) is 3.30. The first-order valence-electron chi connectivity index (χ1n) is 13.2. The van der Waals surface area contributed by atoms with Crippen LogP contribution in [0.25, 0.3) is 66.5 Å². The summed E-state index contributed by atoms with van der Waals surface area (Å²) in [5, 5.41) is 14.1. The van der Waals surface area contributed by atoms with E-state index < -0.39 is 0 Å². The van der Waals surface area contributed by atoms with E-state index >= 15 is 0 Å². The van der Waals surface area contributed by atoms with E-state index in [1.807, 2.05) is 12.1 Å². The summed E-state index contributed by atoms with van der Waals surface area (Å²) in [7, 11) is 0. The minimum absolute atomic E-state index is 0.882. The zero-order valence-electron chi connectivity index (χ0n) is 21.4. The van der Waals surface area contributed by atoms with Crippen LogP contribution in [0.5, 0.6) is 0 Å². The predicted octanol–water partition coefficient (Wildman–Crippen LogP) is 9.91. The van der Waals surface area contributed by atoms with Crippen LogP contribution in [-0.4, -0.2) is 10.8 Å². The van der Waals surface area contributed by atoms with Crippen LogP contribution in [0.15, 0.2) is 134 Å². The molecule has 184 valence electrons. The second-order valence-electron chi connectivity index (χ2n) is 9.76. The number of hydrogen-bond acceptors (Lipinski definition) is 1. The number of aromatic nitrogens is 1. The van der Waals surface area contributed by atoms with E-state index in [0.717, 1.165) is 27.8 Å². The number of benzene rings is 6. The van der Waals surface area contributed by atoms with Gasteiger partial charge in [0, 0.05) is 22.9 Å². The summed E-state index contributed by atoms with van der Waals surface area (Å²) < 4.78 is 2.23. The van der Waals surface area contributed by atoms with Crippen LogP contribution >= 0.6 is 0 Å². The average Bonchev–Trinajstić information content (AvgIpc) is 3.34. The molecule has 7 aromatic rings. The molecule has 0 fully saturated rings. The van der Waals surface area contributed by atoms with Gasteiger partial charge in [0.05, 0.1) is 11.2 Å². The smallest absolute Gasteiger partial charge is 0.0550 e. The van der Waals surface area contributed by atoms with Crippen LogP contribution in [0, 0.1) is 5.41 Å². The largest absolute Gasteiger partial charge is 0.309 e. The number of para-hydroxylation sites is 1. The highest BCUT2D eigenvalue weighted by atomic mass is 15.0. The molecule has 0 saturated carbocycles. The van der Waals surface area contributed by atoms with Gasteiger partial charge in [-0.15, -0.1) is 0 Å². The van der Waals surface area contributed by atoms with Gasteiger partial charge in [-0.05, 0) is 68.1 Å². The van der Waals surface area contributed by atoms with Gasteiger partial charge in [0.1, 0.15) is 0 Å². The molecule has 0 aliphatic rings.